The van der Waals surface area contributed by atoms with Crippen LogP contribution in [0.25, 0.3) is 0 Å². The Morgan fingerprint density at radius 1 is 1.35 bits per heavy atom. The minimum atomic E-state index is -0.215. The Hall–Kier alpha value is -0.900. The van der Waals surface area contributed by atoms with Crippen molar-refractivity contribution in [2.75, 3.05) is 19.6 Å². The quantitative estimate of drug-likeness (QED) is 0.849. The van der Waals surface area contributed by atoms with Crippen LogP contribution in [-0.4, -0.2) is 41.5 Å². The molecule has 1 unspecified atom stereocenters. The summed E-state index contributed by atoms with van der Waals surface area (Å²) in [6, 6.07) is 7.07. The number of benzene rings is 1. The maximum absolute atomic E-state index is 12.1. The van der Waals surface area contributed by atoms with Crippen molar-refractivity contribution in [2.24, 2.45) is 5.92 Å². The molecule has 0 aromatic heterocycles. The van der Waals surface area contributed by atoms with Gasteiger partial charge < -0.3 is 10.0 Å². The Labute approximate surface area is 125 Å². The molecule has 0 saturated carbocycles. The van der Waals surface area contributed by atoms with Gasteiger partial charge in [-0.05, 0) is 63.0 Å². The summed E-state index contributed by atoms with van der Waals surface area (Å²) < 4.78 is 0. The topological polar surface area (TPSA) is 40.5 Å². The molecule has 0 radical (unpaired) electrons. The highest BCUT2D eigenvalue weighted by Gasteiger charge is 2.22. The molecule has 1 aliphatic heterocycles. The molecule has 110 valence electrons. The van der Waals surface area contributed by atoms with Crippen LogP contribution in [0.15, 0.2) is 24.3 Å². The molecule has 1 aromatic rings. The number of rotatable bonds is 5. The first-order valence-corrected chi connectivity index (χ1v) is 7.63. The van der Waals surface area contributed by atoms with Crippen molar-refractivity contribution in [1.82, 2.24) is 4.90 Å². The second kappa shape index (κ2) is 7.21. The number of Topliss-reactive ketones (excluding diaryl/α,β-unsaturated/α-hetero) is 1. The van der Waals surface area contributed by atoms with Gasteiger partial charge in [0.2, 0.25) is 0 Å². The summed E-state index contributed by atoms with van der Waals surface area (Å²) in [5.41, 5.74) is 0.730. The minimum Gasteiger partial charge on any atom is -0.393 e. The number of hydrogen-bond donors (Lipinski definition) is 1. The first kappa shape index (κ1) is 15.5. The van der Waals surface area contributed by atoms with E-state index in [0.717, 1.165) is 38.0 Å². The number of carbonyl (C=O) groups is 1. The van der Waals surface area contributed by atoms with Crippen LogP contribution >= 0.6 is 11.6 Å². The van der Waals surface area contributed by atoms with Gasteiger partial charge in [-0.25, -0.2) is 0 Å². The fourth-order valence-corrected chi connectivity index (χ4v) is 2.82. The van der Waals surface area contributed by atoms with Gasteiger partial charge in [0, 0.05) is 23.6 Å². The molecular formula is C16H22ClNO2. The van der Waals surface area contributed by atoms with Gasteiger partial charge in [0.1, 0.15) is 0 Å². The number of aliphatic hydroxyl groups is 1. The number of carbonyl (C=O) groups excluding carboxylic acids is 1. The monoisotopic (exact) mass is 295 g/mol. The average Bonchev–Trinajstić information content (AvgIpc) is 2.46. The summed E-state index contributed by atoms with van der Waals surface area (Å²) >= 11 is 5.81. The molecule has 1 saturated heterocycles. The molecule has 0 bridgehead atoms. The van der Waals surface area contributed by atoms with E-state index < -0.39 is 0 Å². The molecule has 20 heavy (non-hydrogen) atoms. The Bertz CT molecular complexity index is 436. The Kier molecular flexibility index (Phi) is 5.58. The molecule has 0 spiro atoms. The number of halogens is 1. The smallest absolute Gasteiger partial charge is 0.164 e. The zero-order valence-corrected chi connectivity index (χ0v) is 12.6. The second-order valence-electron chi connectivity index (χ2n) is 5.60. The maximum Gasteiger partial charge on any atom is 0.164 e. The lowest BCUT2D eigenvalue weighted by atomic mass is 9.92. The molecule has 1 aliphatic rings. The van der Waals surface area contributed by atoms with Gasteiger partial charge in [0.05, 0.1) is 6.10 Å². The van der Waals surface area contributed by atoms with Crippen LogP contribution in [0.5, 0.6) is 0 Å². The lowest BCUT2D eigenvalue weighted by molar-refractivity contribution is 0.0693. The van der Waals surface area contributed by atoms with Crippen molar-refractivity contribution in [3.05, 3.63) is 34.9 Å². The average molecular weight is 296 g/mol. The molecular weight excluding hydrogens is 274 g/mol. The zero-order chi connectivity index (χ0) is 14.5. The van der Waals surface area contributed by atoms with E-state index in [2.05, 4.69) is 4.90 Å². The summed E-state index contributed by atoms with van der Waals surface area (Å²) in [7, 11) is 0. The van der Waals surface area contributed by atoms with Gasteiger partial charge in [-0.1, -0.05) is 11.6 Å². The van der Waals surface area contributed by atoms with Gasteiger partial charge in [-0.15, -0.1) is 0 Å². The van der Waals surface area contributed by atoms with E-state index in [0.29, 0.717) is 17.4 Å². The fraction of sp³-hybridized carbons (Fsp3) is 0.562. The maximum atomic E-state index is 12.1. The number of aliphatic hydroxyl groups excluding tert-OH is 1. The van der Waals surface area contributed by atoms with E-state index in [-0.39, 0.29) is 11.9 Å². The standard InChI is InChI=1S/C16H22ClNO2/c1-12(19)13-6-9-18(10-7-13)11-8-16(20)14-2-4-15(17)5-3-14/h2-5,12-13,19H,6-11H2,1H3. The van der Waals surface area contributed by atoms with E-state index in [9.17, 15) is 9.90 Å². The van der Waals surface area contributed by atoms with E-state index in [1.165, 1.54) is 0 Å². The third kappa shape index (κ3) is 4.30. The van der Waals surface area contributed by atoms with Gasteiger partial charge in [0.15, 0.2) is 5.78 Å². The highest BCUT2D eigenvalue weighted by atomic mass is 35.5. The van der Waals surface area contributed by atoms with Crippen LogP contribution in [0.2, 0.25) is 5.02 Å². The minimum absolute atomic E-state index is 0.166. The van der Waals surface area contributed by atoms with Crippen molar-refractivity contribution in [1.29, 1.82) is 0 Å². The number of hydrogen-bond acceptors (Lipinski definition) is 3. The first-order chi connectivity index (χ1) is 9.56. The van der Waals surface area contributed by atoms with Gasteiger partial charge >= 0.3 is 0 Å². The lowest BCUT2D eigenvalue weighted by Gasteiger charge is -2.33. The summed E-state index contributed by atoms with van der Waals surface area (Å²) in [6.45, 7) is 4.62. The van der Waals surface area contributed by atoms with Crippen LogP contribution in [0.1, 0.15) is 36.5 Å². The van der Waals surface area contributed by atoms with Gasteiger partial charge in [-0.3, -0.25) is 4.79 Å². The van der Waals surface area contributed by atoms with Crippen LogP contribution in [0, 0.1) is 5.92 Å². The molecule has 1 fully saturated rings. The third-order valence-corrected chi connectivity index (χ3v) is 4.39. The van der Waals surface area contributed by atoms with Crippen molar-refractivity contribution in [2.45, 2.75) is 32.3 Å². The summed E-state index contributed by atoms with van der Waals surface area (Å²) in [4.78, 5) is 14.4. The van der Waals surface area contributed by atoms with Crippen molar-refractivity contribution in [3.8, 4) is 0 Å². The highest BCUT2D eigenvalue weighted by Crippen LogP contribution is 2.20. The van der Waals surface area contributed by atoms with Gasteiger partial charge in [-0.2, -0.15) is 0 Å². The fourth-order valence-electron chi connectivity index (χ4n) is 2.70. The molecule has 1 heterocycles. The number of nitrogens with zero attached hydrogens (tertiary/aromatic N) is 1. The molecule has 1 atom stereocenters. The lowest BCUT2D eigenvalue weighted by Crippen LogP contribution is -2.38. The summed E-state index contributed by atoms with van der Waals surface area (Å²) in [5.74, 6) is 0.581. The molecule has 2 rings (SSSR count). The molecule has 0 aliphatic carbocycles. The Morgan fingerprint density at radius 2 is 1.95 bits per heavy atom. The normalized spacial score (nSPS) is 18.9. The second-order valence-corrected chi connectivity index (χ2v) is 6.04. The Morgan fingerprint density at radius 3 is 2.50 bits per heavy atom. The van der Waals surface area contributed by atoms with Crippen molar-refractivity contribution < 1.29 is 9.90 Å². The summed E-state index contributed by atoms with van der Waals surface area (Å²) in [5, 5.41) is 10.2. The van der Waals surface area contributed by atoms with Crippen molar-refractivity contribution >= 4 is 17.4 Å². The van der Waals surface area contributed by atoms with Crippen LogP contribution in [0.4, 0.5) is 0 Å². The van der Waals surface area contributed by atoms with Crippen LogP contribution < -0.4 is 0 Å². The highest BCUT2D eigenvalue weighted by molar-refractivity contribution is 6.30. The largest absolute Gasteiger partial charge is 0.393 e. The van der Waals surface area contributed by atoms with Crippen molar-refractivity contribution in [3.63, 3.8) is 0 Å². The SMILES string of the molecule is CC(O)C1CCN(CCC(=O)c2ccc(Cl)cc2)CC1. The summed E-state index contributed by atoms with van der Waals surface area (Å²) in [6.07, 6.45) is 2.37. The zero-order valence-electron chi connectivity index (χ0n) is 11.9. The van der Waals surface area contributed by atoms with E-state index in [4.69, 9.17) is 11.6 Å². The molecule has 0 amide bonds. The van der Waals surface area contributed by atoms with E-state index in [1.807, 2.05) is 6.92 Å². The predicted octanol–water partition coefficient (Wildman–Crippen LogP) is 3.01. The number of piperidine rings is 1. The van der Waals surface area contributed by atoms with E-state index >= 15 is 0 Å². The third-order valence-electron chi connectivity index (χ3n) is 4.14. The van der Waals surface area contributed by atoms with Gasteiger partial charge in [0.25, 0.3) is 0 Å². The first-order valence-electron chi connectivity index (χ1n) is 7.25. The Balaban J connectivity index is 1.76. The molecule has 3 nitrogen and oxygen atoms in total. The number of likely N-dealkylation sites (tertiary alicyclic amines) is 1. The molecule has 1 aromatic carbocycles. The molecule has 1 N–H and O–H groups in total. The van der Waals surface area contributed by atoms with Crippen LogP contribution in [0.3, 0.4) is 0 Å². The van der Waals surface area contributed by atoms with Crippen LogP contribution in [-0.2, 0) is 0 Å². The molecule has 4 heteroatoms. The van der Waals surface area contributed by atoms with E-state index in [1.54, 1.807) is 24.3 Å². The number of ketones is 1. The predicted molar refractivity (Wildman–Crippen MR) is 81.2 cm³/mol.